The smallest absolute Gasteiger partial charge is 0.271 e. The lowest BCUT2D eigenvalue weighted by Gasteiger charge is -2.04. The second kappa shape index (κ2) is 6.37. The molecule has 1 N–H and O–H groups in total. The molecule has 1 heterocycles. The SMILES string of the molecule is C/C(=N/NC(=O)c1cccc([N+](=O)[O-])c1)c1ccc2c(c1)OCO2. The molecule has 0 fully saturated rings. The fourth-order valence-electron chi connectivity index (χ4n) is 2.15. The van der Waals surface area contributed by atoms with E-state index >= 15 is 0 Å². The Morgan fingerprint density at radius 2 is 1.96 bits per heavy atom. The van der Waals surface area contributed by atoms with Crippen LogP contribution in [0.1, 0.15) is 22.8 Å². The summed E-state index contributed by atoms with van der Waals surface area (Å²) in [5.41, 5.74) is 3.72. The number of fused-ring (bicyclic) bond motifs is 1. The summed E-state index contributed by atoms with van der Waals surface area (Å²) in [6.45, 7) is 1.91. The van der Waals surface area contributed by atoms with Crippen molar-refractivity contribution in [2.75, 3.05) is 6.79 Å². The maximum atomic E-state index is 12.1. The topological polar surface area (TPSA) is 103 Å². The Hall–Kier alpha value is -3.42. The van der Waals surface area contributed by atoms with Crippen molar-refractivity contribution in [2.45, 2.75) is 6.92 Å². The minimum atomic E-state index is -0.558. The zero-order valence-electron chi connectivity index (χ0n) is 12.7. The molecule has 0 atom stereocenters. The second-order valence-electron chi connectivity index (χ2n) is 5.01. The number of non-ortho nitro benzene ring substituents is 1. The van der Waals surface area contributed by atoms with Gasteiger partial charge in [-0.05, 0) is 31.2 Å². The van der Waals surface area contributed by atoms with Gasteiger partial charge in [-0.3, -0.25) is 14.9 Å². The van der Waals surface area contributed by atoms with E-state index in [2.05, 4.69) is 10.5 Å². The van der Waals surface area contributed by atoms with Gasteiger partial charge in [-0.1, -0.05) is 6.07 Å². The molecule has 2 aromatic carbocycles. The molecule has 2 aromatic rings. The molecule has 0 saturated carbocycles. The average Bonchev–Trinajstić information content (AvgIpc) is 3.07. The van der Waals surface area contributed by atoms with Crippen molar-refractivity contribution < 1.29 is 19.2 Å². The summed E-state index contributed by atoms with van der Waals surface area (Å²) in [6.07, 6.45) is 0. The van der Waals surface area contributed by atoms with Gasteiger partial charge in [-0.2, -0.15) is 5.10 Å². The molecule has 0 radical (unpaired) electrons. The van der Waals surface area contributed by atoms with Crippen LogP contribution in [0.2, 0.25) is 0 Å². The van der Waals surface area contributed by atoms with E-state index in [0.717, 1.165) is 5.56 Å². The third-order valence-electron chi connectivity index (χ3n) is 3.43. The number of amides is 1. The highest BCUT2D eigenvalue weighted by Crippen LogP contribution is 2.32. The molecule has 8 heteroatoms. The number of carbonyl (C=O) groups excluding carboxylic acids is 1. The lowest BCUT2D eigenvalue weighted by molar-refractivity contribution is -0.384. The Morgan fingerprint density at radius 3 is 2.75 bits per heavy atom. The van der Waals surface area contributed by atoms with Crippen molar-refractivity contribution in [1.82, 2.24) is 5.43 Å². The summed E-state index contributed by atoms with van der Waals surface area (Å²) < 4.78 is 10.5. The first-order valence-corrected chi connectivity index (χ1v) is 7.04. The van der Waals surface area contributed by atoms with Gasteiger partial charge in [0.25, 0.3) is 11.6 Å². The predicted octanol–water partition coefficient (Wildman–Crippen LogP) is 2.48. The minimum Gasteiger partial charge on any atom is -0.454 e. The normalized spacial score (nSPS) is 12.8. The van der Waals surface area contributed by atoms with E-state index in [-0.39, 0.29) is 18.0 Å². The summed E-state index contributed by atoms with van der Waals surface area (Å²) in [4.78, 5) is 22.2. The van der Waals surface area contributed by atoms with Crippen molar-refractivity contribution in [3.05, 3.63) is 63.7 Å². The number of nitro groups is 1. The molecule has 0 spiro atoms. The largest absolute Gasteiger partial charge is 0.454 e. The number of hydrogen-bond donors (Lipinski definition) is 1. The van der Waals surface area contributed by atoms with Crippen molar-refractivity contribution in [3.8, 4) is 11.5 Å². The number of nitrogens with one attached hydrogen (secondary N) is 1. The zero-order chi connectivity index (χ0) is 17.1. The number of nitro benzene ring substituents is 1. The number of carbonyl (C=O) groups is 1. The highest BCUT2D eigenvalue weighted by Gasteiger charge is 2.15. The Kier molecular flexibility index (Phi) is 4.11. The van der Waals surface area contributed by atoms with Crippen molar-refractivity contribution in [3.63, 3.8) is 0 Å². The maximum absolute atomic E-state index is 12.1. The third kappa shape index (κ3) is 3.17. The van der Waals surface area contributed by atoms with Gasteiger partial charge in [0.15, 0.2) is 11.5 Å². The summed E-state index contributed by atoms with van der Waals surface area (Å²) in [6, 6.07) is 10.8. The molecule has 3 rings (SSSR count). The first kappa shape index (κ1) is 15.5. The van der Waals surface area contributed by atoms with Crippen LogP contribution in [0, 0.1) is 10.1 Å². The summed E-state index contributed by atoms with van der Waals surface area (Å²) in [7, 11) is 0. The molecule has 122 valence electrons. The molecule has 0 unspecified atom stereocenters. The van der Waals surface area contributed by atoms with Gasteiger partial charge in [-0.25, -0.2) is 5.43 Å². The van der Waals surface area contributed by atoms with Gasteiger partial charge >= 0.3 is 0 Å². The minimum absolute atomic E-state index is 0.154. The van der Waals surface area contributed by atoms with E-state index in [1.165, 1.54) is 24.3 Å². The van der Waals surface area contributed by atoms with Crippen molar-refractivity contribution in [2.24, 2.45) is 5.10 Å². The van der Waals surface area contributed by atoms with Crippen LogP contribution in [0.15, 0.2) is 47.6 Å². The number of hydrogen-bond acceptors (Lipinski definition) is 6. The van der Waals surface area contributed by atoms with E-state index in [1.807, 2.05) is 0 Å². The molecule has 1 aliphatic heterocycles. The molecule has 0 bridgehead atoms. The van der Waals surface area contributed by atoms with E-state index in [0.29, 0.717) is 17.2 Å². The zero-order valence-corrected chi connectivity index (χ0v) is 12.7. The standard InChI is InChI=1S/C16H13N3O5/c1-10(11-5-6-14-15(8-11)24-9-23-14)17-18-16(20)12-3-2-4-13(7-12)19(21)22/h2-8H,9H2,1H3,(H,18,20)/b17-10-. The predicted molar refractivity (Wildman–Crippen MR) is 85.3 cm³/mol. The molecule has 0 saturated heterocycles. The first-order chi connectivity index (χ1) is 11.5. The Morgan fingerprint density at radius 1 is 1.17 bits per heavy atom. The highest BCUT2D eigenvalue weighted by molar-refractivity contribution is 6.01. The van der Waals surface area contributed by atoms with Gasteiger partial charge in [0.2, 0.25) is 6.79 Å². The van der Waals surface area contributed by atoms with Crippen LogP contribution >= 0.6 is 0 Å². The molecule has 24 heavy (non-hydrogen) atoms. The van der Waals surface area contributed by atoms with Crippen LogP contribution in [-0.2, 0) is 0 Å². The molecular formula is C16H13N3O5. The van der Waals surface area contributed by atoms with Crippen LogP contribution in [-0.4, -0.2) is 23.3 Å². The molecule has 8 nitrogen and oxygen atoms in total. The van der Waals surface area contributed by atoms with Gasteiger partial charge < -0.3 is 9.47 Å². The first-order valence-electron chi connectivity index (χ1n) is 7.04. The third-order valence-corrected chi connectivity index (χ3v) is 3.43. The highest BCUT2D eigenvalue weighted by atomic mass is 16.7. The maximum Gasteiger partial charge on any atom is 0.271 e. The Bertz CT molecular complexity index is 847. The quantitative estimate of drug-likeness (QED) is 0.528. The number of nitrogens with zero attached hydrogens (tertiary/aromatic N) is 2. The second-order valence-corrected chi connectivity index (χ2v) is 5.01. The molecule has 0 aromatic heterocycles. The van der Waals surface area contributed by atoms with Crippen LogP contribution in [0.3, 0.4) is 0 Å². The van der Waals surface area contributed by atoms with Crippen molar-refractivity contribution >= 4 is 17.3 Å². The van der Waals surface area contributed by atoms with E-state index < -0.39 is 10.8 Å². The summed E-state index contributed by atoms with van der Waals surface area (Å²) in [5.74, 6) is 0.748. The van der Waals surface area contributed by atoms with Gasteiger partial charge in [0.1, 0.15) is 0 Å². The van der Waals surface area contributed by atoms with Gasteiger partial charge in [-0.15, -0.1) is 0 Å². The Labute approximate surface area is 136 Å². The number of hydrazone groups is 1. The molecule has 1 aliphatic rings. The van der Waals surface area contributed by atoms with E-state index in [1.54, 1.807) is 25.1 Å². The van der Waals surface area contributed by atoms with Crippen molar-refractivity contribution in [1.29, 1.82) is 0 Å². The Balaban J connectivity index is 1.74. The lowest BCUT2D eigenvalue weighted by atomic mass is 10.1. The van der Waals surface area contributed by atoms with E-state index in [9.17, 15) is 14.9 Å². The van der Waals surface area contributed by atoms with Crippen LogP contribution in [0.4, 0.5) is 5.69 Å². The summed E-state index contributed by atoms with van der Waals surface area (Å²) in [5, 5.41) is 14.8. The molecule has 1 amide bonds. The van der Waals surface area contributed by atoms with E-state index in [4.69, 9.17) is 9.47 Å². The fourth-order valence-corrected chi connectivity index (χ4v) is 2.15. The number of benzene rings is 2. The fraction of sp³-hybridized carbons (Fsp3) is 0.125. The average molecular weight is 327 g/mol. The molecule has 0 aliphatic carbocycles. The monoisotopic (exact) mass is 327 g/mol. The number of rotatable bonds is 4. The van der Waals surface area contributed by atoms with Crippen LogP contribution in [0.5, 0.6) is 11.5 Å². The summed E-state index contributed by atoms with van der Waals surface area (Å²) >= 11 is 0. The van der Waals surface area contributed by atoms with Crippen LogP contribution in [0.25, 0.3) is 0 Å². The lowest BCUT2D eigenvalue weighted by Crippen LogP contribution is -2.19. The number of ether oxygens (including phenoxy) is 2. The molecular weight excluding hydrogens is 314 g/mol. The van der Waals surface area contributed by atoms with Crippen LogP contribution < -0.4 is 14.9 Å². The van der Waals surface area contributed by atoms with Gasteiger partial charge in [0, 0.05) is 23.3 Å². The van der Waals surface area contributed by atoms with Gasteiger partial charge in [0.05, 0.1) is 10.6 Å².